The molecule has 4 nitrogen and oxygen atoms in total. The van der Waals surface area contributed by atoms with E-state index in [1.54, 1.807) is 13.3 Å². The van der Waals surface area contributed by atoms with Crippen molar-refractivity contribution in [2.24, 2.45) is 24.1 Å². The highest BCUT2D eigenvalue weighted by molar-refractivity contribution is 5.30. The Hall–Kier alpha value is -1.03. The second-order valence-electron chi connectivity index (χ2n) is 6.37. The van der Waals surface area contributed by atoms with E-state index in [1.807, 2.05) is 11.7 Å². The molecule has 108 valence electrons. The molecule has 0 amide bonds. The fourth-order valence-electron chi connectivity index (χ4n) is 3.76. The molecule has 1 heterocycles. The van der Waals surface area contributed by atoms with E-state index in [9.17, 15) is 0 Å². The summed E-state index contributed by atoms with van der Waals surface area (Å²) in [6.45, 7) is 4.57. The number of aryl methyl sites for hydroxylation is 1. The molecule has 1 aliphatic carbocycles. The molecule has 0 bridgehead atoms. The van der Waals surface area contributed by atoms with Crippen LogP contribution in [-0.2, 0) is 7.05 Å². The van der Waals surface area contributed by atoms with Gasteiger partial charge in [-0.05, 0) is 30.6 Å². The topological polar surface area (TPSA) is 53.1 Å². The maximum Gasteiger partial charge on any atom is 0.161 e. The van der Waals surface area contributed by atoms with Crippen LogP contribution in [0.15, 0.2) is 6.20 Å². The molecule has 0 saturated heterocycles. The fraction of sp³-hybridized carbons (Fsp3) is 0.800. The third-order valence-corrected chi connectivity index (χ3v) is 4.54. The Morgan fingerprint density at radius 3 is 2.58 bits per heavy atom. The Morgan fingerprint density at radius 1 is 1.42 bits per heavy atom. The van der Waals surface area contributed by atoms with E-state index >= 15 is 0 Å². The van der Waals surface area contributed by atoms with Gasteiger partial charge in [0.05, 0.1) is 25.0 Å². The first-order valence-corrected chi connectivity index (χ1v) is 7.31. The van der Waals surface area contributed by atoms with Crippen molar-refractivity contribution in [2.45, 2.75) is 52.0 Å². The van der Waals surface area contributed by atoms with Crippen LogP contribution in [0.3, 0.4) is 0 Å². The van der Waals surface area contributed by atoms with Crippen LogP contribution in [0.2, 0.25) is 0 Å². The molecule has 1 aromatic rings. The van der Waals surface area contributed by atoms with Gasteiger partial charge in [-0.3, -0.25) is 4.68 Å². The van der Waals surface area contributed by atoms with Gasteiger partial charge in [-0.25, -0.2) is 0 Å². The number of methoxy groups -OCH3 is 1. The molecule has 4 heteroatoms. The first kappa shape index (κ1) is 14.4. The van der Waals surface area contributed by atoms with Crippen molar-refractivity contribution in [3.8, 4) is 5.75 Å². The van der Waals surface area contributed by atoms with Gasteiger partial charge in [-0.2, -0.15) is 5.10 Å². The lowest BCUT2D eigenvalue weighted by molar-refractivity contribution is 0.175. The number of hydrogen-bond acceptors (Lipinski definition) is 3. The Morgan fingerprint density at radius 2 is 2.05 bits per heavy atom. The summed E-state index contributed by atoms with van der Waals surface area (Å²) >= 11 is 0. The molecular formula is C15H27N3O. The highest BCUT2D eigenvalue weighted by atomic mass is 16.5. The molecule has 1 atom stereocenters. The minimum atomic E-state index is 0.0137. The fourth-order valence-corrected chi connectivity index (χ4v) is 3.76. The molecule has 1 aliphatic rings. The van der Waals surface area contributed by atoms with Gasteiger partial charge in [0.25, 0.3) is 0 Å². The summed E-state index contributed by atoms with van der Waals surface area (Å²) in [5.41, 5.74) is 7.93. The predicted molar refractivity (Wildman–Crippen MR) is 77.0 cm³/mol. The third kappa shape index (κ3) is 2.64. The van der Waals surface area contributed by atoms with Crippen LogP contribution < -0.4 is 10.5 Å². The summed E-state index contributed by atoms with van der Waals surface area (Å²) in [6.07, 6.45) is 7.98. The molecule has 19 heavy (non-hydrogen) atoms. The minimum absolute atomic E-state index is 0.0137. The minimum Gasteiger partial charge on any atom is -0.493 e. The Bertz CT molecular complexity index is 419. The molecule has 0 radical (unpaired) electrons. The number of aromatic nitrogens is 2. The van der Waals surface area contributed by atoms with Gasteiger partial charge in [0.15, 0.2) is 5.75 Å². The van der Waals surface area contributed by atoms with Gasteiger partial charge < -0.3 is 10.5 Å². The maximum absolute atomic E-state index is 6.66. The average Bonchev–Trinajstić information content (AvgIpc) is 2.95. The lowest BCUT2D eigenvalue weighted by Crippen LogP contribution is -2.35. The van der Waals surface area contributed by atoms with E-state index in [0.717, 1.165) is 11.4 Å². The first-order valence-electron chi connectivity index (χ1n) is 7.31. The van der Waals surface area contributed by atoms with Crippen molar-refractivity contribution in [1.82, 2.24) is 9.78 Å². The smallest absolute Gasteiger partial charge is 0.161 e. The van der Waals surface area contributed by atoms with E-state index in [-0.39, 0.29) is 11.5 Å². The van der Waals surface area contributed by atoms with Crippen LogP contribution in [0.4, 0.5) is 0 Å². The van der Waals surface area contributed by atoms with E-state index in [2.05, 4.69) is 18.9 Å². The number of nitrogens with two attached hydrogens (primary N) is 1. The molecule has 1 saturated carbocycles. The Balaban J connectivity index is 2.33. The van der Waals surface area contributed by atoms with Crippen molar-refractivity contribution in [3.05, 3.63) is 11.9 Å². The molecule has 0 aromatic carbocycles. The summed E-state index contributed by atoms with van der Waals surface area (Å²) < 4.78 is 7.31. The summed E-state index contributed by atoms with van der Waals surface area (Å²) in [5, 5.41) is 4.30. The zero-order valence-electron chi connectivity index (χ0n) is 12.6. The van der Waals surface area contributed by atoms with E-state index in [1.165, 1.54) is 32.1 Å². The Kier molecular flexibility index (Phi) is 4.19. The largest absolute Gasteiger partial charge is 0.493 e. The zero-order chi connectivity index (χ0) is 14.0. The summed E-state index contributed by atoms with van der Waals surface area (Å²) in [5.74, 6) is 1.49. The van der Waals surface area contributed by atoms with E-state index < -0.39 is 0 Å². The average molecular weight is 265 g/mol. The molecule has 1 aromatic heterocycles. The molecular weight excluding hydrogens is 238 g/mol. The molecule has 0 aliphatic heterocycles. The van der Waals surface area contributed by atoms with Gasteiger partial charge in [0, 0.05) is 7.05 Å². The third-order valence-electron chi connectivity index (χ3n) is 4.54. The monoisotopic (exact) mass is 265 g/mol. The second-order valence-corrected chi connectivity index (χ2v) is 6.37. The van der Waals surface area contributed by atoms with Crippen molar-refractivity contribution >= 4 is 0 Å². The van der Waals surface area contributed by atoms with Crippen LogP contribution in [0.25, 0.3) is 0 Å². The van der Waals surface area contributed by atoms with E-state index in [4.69, 9.17) is 10.5 Å². The van der Waals surface area contributed by atoms with Crippen LogP contribution in [0, 0.1) is 11.3 Å². The Labute approximate surface area is 116 Å². The van der Waals surface area contributed by atoms with Crippen molar-refractivity contribution in [2.75, 3.05) is 7.11 Å². The number of rotatable bonds is 5. The zero-order valence-corrected chi connectivity index (χ0v) is 12.6. The molecule has 1 fully saturated rings. The van der Waals surface area contributed by atoms with Crippen LogP contribution >= 0.6 is 0 Å². The highest BCUT2D eigenvalue weighted by Gasteiger charge is 2.42. The second kappa shape index (κ2) is 5.53. The van der Waals surface area contributed by atoms with Crippen LogP contribution in [0.5, 0.6) is 5.75 Å². The SMILES string of the molecule is COc1cnn(C)c1C(N)C1(CC(C)C)CCCC1. The van der Waals surface area contributed by atoms with Crippen molar-refractivity contribution < 1.29 is 4.74 Å². The van der Waals surface area contributed by atoms with Crippen LogP contribution in [0.1, 0.15) is 57.7 Å². The number of nitrogens with zero attached hydrogens (tertiary/aromatic N) is 2. The summed E-state index contributed by atoms with van der Waals surface area (Å²) in [7, 11) is 3.65. The van der Waals surface area contributed by atoms with Gasteiger partial charge >= 0.3 is 0 Å². The molecule has 2 N–H and O–H groups in total. The lowest BCUT2D eigenvalue weighted by Gasteiger charge is -2.37. The lowest BCUT2D eigenvalue weighted by atomic mass is 9.72. The van der Waals surface area contributed by atoms with Crippen molar-refractivity contribution in [3.63, 3.8) is 0 Å². The summed E-state index contributed by atoms with van der Waals surface area (Å²) in [4.78, 5) is 0. The number of hydrogen-bond donors (Lipinski definition) is 1. The highest BCUT2D eigenvalue weighted by Crippen LogP contribution is 2.51. The van der Waals surface area contributed by atoms with Gasteiger partial charge in [-0.15, -0.1) is 0 Å². The van der Waals surface area contributed by atoms with Gasteiger partial charge in [0.1, 0.15) is 0 Å². The van der Waals surface area contributed by atoms with Crippen molar-refractivity contribution in [1.29, 1.82) is 0 Å². The van der Waals surface area contributed by atoms with Crippen LogP contribution in [-0.4, -0.2) is 16.9 Å². The quantitative estimate of drug-likeness (QED) is 0.890. The first-order chi connectivity index (χ1) is 9.00. The van der Waals surface area contributed by atoms with Gasteiger partial charge in [0.2, 0.25) is 0 Å². The normalized spacial score (nSPS) is 19.9. The number of ether oxygens (including phenoxy) is 1. The molecule has 1 unspecified atom stereocenters. The predicted octanol–water partition coefficient (Wildman–Crippen LogP) is 3.04. The van der Waals surface area contributed by atoms with E-state index in [0.29, 0.717) is 5.92 Å². The maximum atomic E-state index is 6.66. The molecule has 2 rings (SSSR count). The molecule has 0 spiro atoms. The standard InChI is InChI=1S/C15H27N3O/c1-11(2)9-15(7-5-6-8-15)14(16)13-12(19-4)10-17-18(13)3/h10-11,14H,5-9,16H2,1-4H3. The summed E-state index contributed by atoms with van der Waals surface area (Å²) in [6, 6.07) is 0.0137. The van der Waals surface area contributed by atoms with Gasteiger partial charge in [-0.1, -0.05) is 26.7 Å².